The van der Waals surface area contributed by atoms with Crippen LogP contribution in [0.1, 0.15) is 35.8 Å². The third-order valence-electron chi connectivity index (χ3n) is 5.55. The molecule has 1 aliphatic rings. The van der Waals surface area contributed by atoms with Gasteiger partial charge >= 0.3 is 11.9 Å². The number of benzene rings is 3. The summed E-state index contributed by atoms with van der Waals surface area (Å²) in [6.07, 6.45) is 4.71. The zero-order valence-electron chi connectivity index (χ0n) is 19.5. The predicted octanol–water partition coefficient (Wildman–Crippen LogP) is 7.06. The second-order valence-corrected chi connectivity index (χ2v) is 9.63. The quantitative estimate of drug-likeness (QED) is 0.167. The van der Waals surface area contributed by atoms with Crippen LogP contribution in [0.25, 0.3) is 10.8 Å². The third-order valence-corrected chi connectivity index (χ3v) is 6.74. The van der Waals surface area contributed by atoms with Crippen molar-refractivity contribution in [2.75, 3.05) is 0 Å². The van der Waals surface area contributed by atoms with Crippen LogP contribution >= 0.6 is 11.8 Å². The monoisotopic (exact) mass is 470 g/mol. The van der Waals surface area contributed by atoms with Crippen molar-refractivity contribution in [2.45, 2.75) is 37.3 Å². The Bertz CT molecular complexity index is 1350. The normalized spacial score (nSPS) is 14.4. The number of ether oxygens (including phenoxy) is 2. The van der Waals surface area contributed by atoms with Gasteiger partial charge in [0.2, 0.25) is 0 Å². The number of esters is 2. The Morgan fingerprint density at radius 3 is 2.03 bits per heavy atom. The maximum atomic E-state index is 12.7. The van der Waals surface area contributed by atoms with E-state index in [0.29, 0.717) is 39.8 Å². The highest BCUT2D eigenvalue weighted by atomic mass is 32.2. The number of thioether (sulfide) groups is 1. The van der Waals surface area contributed by atoms with Crippen molar-refractivity contribution in [1.29, 1.82) is 0 Å². The van der Waals surface area contributed by atoms with Crippen LogP contribution in [0.2, 0.25) is 0 Å². The average Bonchev–Trinajstić information content (AvgIpc) is 2.82. The number of fused-ring (bicyclic) bond motifs is 2. The highest BCUT2D eigenvalue weighted by Crippen LogP contribution is 2.51. The van der Waals surface area contributed by atoms with Gasteiger partial charge in [-0.05, 0) is 39.3 Å². The minimum absolute atomic E-state index is 0.147. The van der Waals surface area contributed by atoms with Crippen LogP contribution in [-0.2, 0) is 16.0 Å². The fourth-order valence-corrected chi connectivity index (χ4v) is 4.95. The van der Waals surface area contributed by atoms with E-state index < -0.39 is 11.9 Å². The Hall–Kier alpha value is -3.57. The maximum Gasteiger partial charge on any atom is 0.338 e. The fraction of sp³-hybridized carbons (Fsp3) is 0.172. The van der Waals surface area contributed by atoms with Gasteiger partial charge in [-0.2, -0.15) is 0 Å². The summed E-state index contributed by atoms with van der Waals surface area (Å²) in [5.41, 5.74) is 3.45. The maximum absolute atomic E-state index is 12.7. The van der Waals surface area contributed by atoms with Crippen LogP contribution in [-0.4, -0.2) is 11.9 Å². The van der Waals surface area contributed by atoms with Gasteiger partial charge in [0.25, 0.3) is 0 Å². The molecule has 0 saturated carbocycles. The molecule has 3 aromatic rings. The van der Waals surface area contributed by atoms with Crippen LogP contribution < -0.4 is 9.47 Å². The first kappa shape index (κ1) is 23.6. The molecule has 0 amide bonds. The fourth-order valence-electron chi connectivity index (χ4n) is 3.80. The van der Waals surface area contributed by atoms with Crippen LogP contribution in [0.3, 0.4) is 0 Å². The number of rotatable bonds is 6. The van der Waals surface area contributed by atoms with Crippen molar-refractivity contribution in [3.63, 3.8) is 0 Å². The molecule has 0 spiro atoms. The smallest absolute Gasteiger partial charge is 0.338 e. The topological polar surface area (TPSA) is 52.6 Å². The second-order valence-electron chi connectivity index (χ2n) is 8.42. The van der Waals surface area contributed by atoms with E-state index in [1.54, 1.807) is 25.6 Å². The molecule has 1 aliphatic carbocycles. The van der Waals surface area contributed by atoms with Crippen LogP contribution in [0.5, 0.6) is 11.5 Å². The van der Waals surface area contributed by atoms with Gasteiger partial charge in [0.05, 0.1) is 5.25 Å². The second kappa shape index (κ2) is 9.74. The molecule has 0 N–H and O–H groups in total. The van der Waals surface area contributed by atoms with Crippen LogP contribution in [0, 0.1) is 6.92 Å². The molecule has 0 radical (unpaired) electrons. The molecule has 3 aromatic carbocycles. The summed E-state index contributed by atoms with van der Waals surface area (Å²) < 4.78 is 11.8. The van der Waals surface area contributed by atoms with Crippen molar-refractivity contribution in [2.24, 2.45) is 0 Å². The Morgan fingerprint density at radius 1 is 0.882 bits per heavy atom. The Morgan fingerprint density at radius 2 is 1.44 bits per heavy atom. The van der Waals surface area contributed by atoms with Crippen molar-refractivity contribution >= 4 is 34.5 Å². The van der Waals surface area contributed by atoms with E-state index in [4.69, 9.17) is 9.47 Å². The van der Waals surface area contributed by atoms with Gasteiger partial charge in [0.1, 0.15) is 11.5 Å². The van der Waals surface area contributed by atoms with Gasteiger partial charge < -0.3 is 9.47 Å². The zero-order chi connectivity index (χ0) is 24.4. The minimum atomic E-state index is -0.493. The number of hydrogen-bond donors (Lipinski definition) is 0. The van der Waals surface area contributed by atoms with Gasteiger partial charge in [-0.1, -0.05) is 67.3 Å². The molecule has 0 saturated heterocycles. The lowest BCUT2D eigenvalue weighted by Gasteiger charge is -2.27. The first-order chi connectivity index (χ1) is 16.3. The lowest BCUT2D eigenvalue weighted by molar-refractivity contribution is -0.131. The summed E-state index contributed by atoms with van der Waals surface area (Å²) >= 11 is 1.65. The summed E-state index contributed by atoms with van der Waals surface area (Å²) in [5, 5.41) is 1.26. The lowest BCUT2D eigenvalue weighted by Crippen LogP contribution is -2.16. The predicted molar refractivity (Wildman–Crippen MR) is 137 cm³/mol. The molecule has 4 rings (SSSR count). The zero-order valence-corrected chi connectivity index (χ0v) is 20.3. The Labute approximate surface area is 204 Å². The molecule has 0 heterocycles. The largest absolute Gasteiger partial charge is 0.422 e. The number of hydrogen-bond acceptors (Lipinski definition) is 5. The van der Waals surface area contributed by atoms with E-state index in [2.05, 4.69) is 49.6 Å². The van der Waals surface area contributed by atoms with E-state index >= 15 is 0 Å². The van der Waals surface area contributed by atoms with E-state index in [0.717, 1.165) is 16.0 Å². The van der Waals surface area contributed by atoms with Crippen molar-refractivity contribution in [1.82, 2.24) is 0 Å². The van der Waals surface area contributed by atoms with Crippen LogP contribution in [0.15, 0.2) is 89.9 Å². The summed E-state index contributed by atoms with van der Waals surface area (Å²) in [6, 6.07) is 15.8. The summed E-state index contributed by atoms with van der Waals surface area (Å²) in [7, 11) is 0. The highest BCUT2D eigenvalue weighted by Gasteiger charge is 2.30. The molecule has 0 aliphatic heterocycles. The molecule has 0 aromatic heterocycles. The molecule has 1 unspecified atom stereocenters. The first-order valence-electron chi connectivity index (χ1n) is 11.0. The first-order valence-corrected chi connectivity index (χ1v) is 11.9. The lowest BCUT2D eigenvalue weighted by atomic mass is 9.90. The number of allylic oxidation sites excluding steroid dienone is 1. The Kier molecular flexibility index (Phi) is 6.75. The SMILES string of the molecule is C=C(C)C(=O)Oc1c2c(c(OC(=O)C(=C)C)c3ccccc13)C(Sc1ccc(C)cc1)C=CC2. The van der Waals surface area contributed by atoms with Gasteiger partial charge in [-0.25, -0.2) is 9.59 Å². The van der Waals surface area contributed by atoms with Crippen LogP contribution in [0.4, 0.5) is 0 Å². The Balaban J connectivity index is 1.95. The number of aryl methyl sites for hydroxylation is 1. The number of carbonyl (C=O) groups excluding carboxylic acids is 2. The molecular formula is C29H26O4S. The summed E-state index contributed by atoms with van der Waals surface area (Å²) in [4.78, 5) is 26.3. The van der Waals surface area contributed by atoms with Crippen molar-refractivity contribution in [3.05, 3.63) is 102 Å². The average molecular weight is 471 g/mol. The van der Waals surface area contributed by atoms with E-state index in [1.807, 2.05) is 31.2 Å². The summed E-state index contributed by atoms with van der Waals surface area (Å²) in [6.45, 7) is 12.8. The molecule has 1 atom stereocenters. The standard InChI is InChI=1S/C29H26O4S/c1-17(2)28(30)32-26-21-9-6-7-10-22(21)27(33-29(31)18(3)4)25-23(26)11-8-12-24(25)34-20-15-13-19(5)14-16-20/h6-10,12-16,24H,1,3,11H2,2,4-5H3. The van der Waals surface area contributed by atoms with Gasteiger partial charge in [0.15, 0.2) is 0 Å². The molecule has 0 bridgehead atoms. The van der Waals surface area contributed by atoms with Crippen molar-refractivity contribution < 1.29 is 19.1 Å². The van der Waals surface area contributed by atoms with Crippen molar-refractivity contribution in [3.8, 4) is 11.5 Å². The van der Waals surface area contributed by atoms with E-state index in [1.165, 1.54) is 5.56 Å². The number of carbonyl (C=O) groups is 2. The molecule has 4 nitrogen and oxygen atoms in total. The molecule has 0 fully saturated rings. The minimum Gasteiger partial charge on any atom is -0.422 e. The van der Waals surface area contributed by atoms with Gasteiger partial charge in [0, 0.05) is 37.9 Å². The highest BCUT2D eigenvalue weighted by molar-refractivity contribution is 7.99. The molecule has 172 valence electrons. The van der Waals surface area contributed by atoms with E-state index in [-0.39, 0.29) is 5.25 Å². The molecule has 5 heteroatoms. The third kappa shape index (κ3) is 4.70. The summed E-state index contributed by atoms with van der Waals surface area (Å²) in [5.74, 6) is -0.0285. The van der Waals surface area contributed by atoms with Gasteiger partial charge in [-0.15, -0.1) is 11.8 Å². The molecular weight excluding hydrogens is 444 g/mol. The molecule has 34 heavy (non-hydrogen) atoms. The van der Waals surface area contributed by atoms with E-state index in [9.17, 15) is 9.59 Å². The van der Waals surface area contributed by atoms with Gasteiger partial charge in [-0.3, -0.25) is 0 Å².